The number of hydrogen-bond donors (Lipinski definition) is 2. The van der Waals surface area contributed by atoms with E-state index in [9.17, 15) is 4.79 Å². The number of rotatable bonds is 4. The van der Waals surface area contributed by atoms with Crippen LogP contribution in [0.25, 0.3) is 0 Å². The first kappa shape index (κ1) is 12.9. The molecule has 1 fully saturated rings. The summed E-state index contributed by atoms with van der Waals surface area (Å²) in [6.45, 7) is 0.593. The Hall–Kier alpha value is -1.56. The highest BCUT2D eigenvalue weighted by molar-refractivity contribution is 5.29. The van der Waals surface area contributed by atoms with Gasteiger partial charge in [0.1, 0.15) is 6.10 Å². The lowest BCUT2D eigenvalue weighted by Gasteiger charge is -2.30. The standard InChI is InChI=1S/C12H19N3O3/c1-17-10-11(16)14-7-15-12(10)18-9-5-3-2-4-8(9)6-13/h7-9H,2-6,13H2,1H3,(H,14,15,16). The summed E-state index contributed by atoms with van der Waals surface area (Å²) >= 11 is 0. The van der Waals surface area contributed by atoms with Crippen molar-refractivity contribution in [1.82, 2.24) is 9.97 Å². The number of nitrogens with zero attached hydrogens (tertiary/aromatic N) is 1. The van der Waals surface area contributed by atoms with Crippen LogP contribution in [-0.2, 0) is 0 Å². The average molecular weight is 253 g/mol. The fourth-order valence-corrected chi connectivity index (χ4v) is 2.38. The number of aromatic amines is 1. The Morgan fingerprint density at radius 3 is 3.00 bits per heavy atom. The van der Waals surface area contributed by atoms with Gasteiger partial charge in [-0.3, -0.25) is 4.79 Å². The summed E-state index contributed by atoms with van der Waals surface area (Å²) in [4.78, 5) is 18.0. The van der Waals surface area contributed by atoms with Crippen molar-refractivity contribution in [3.63, 3.8) is 0 Å². The third kappa shape index (κ3) is 2.64. The van der Waals surface area contributed by atoms with Crippen molar-refractivity contribution in [3.05, 3.63) is 16.7 Å². The zero-order valence-electron chi connectivity index (χ0n) is 10.5. The van der Waals surface area contributed by atoms with Gasteiger partial charge in [-0.05, 0) is 25.8 Å². The first-order chi connectivity index (χ1) is 8.76. The van der Waals surface area contributed by atoms with Crippen molar-refractivity contribution >= 4 is 0 Å². The summed E-state index contributed by atoms with van der Waals surface area (Å²) in [6.07, 6.45) is 5.65. The van der Waals surface area contributed by atoms with Gasteiger partial charge in [-0.15, -0.1) is 0 Å². The Kier molecular flexibility index (Phi) is 4.19. The fraction of sp³-hybridized carbons (Fsp3) is 0.667. The average Bonchev–Trinajstić information content (AvgIpc) is 2.40. The van der Waals surface area contributed by atoms with Crippen LogP contribution in [0.3, 0.4) is 0 Å². The zero-order valence-corrected chi connectivity index (χ0v) is 10.5. The maximum atomic E-state index is 11.5. The zero-order chi connectivity index (χ0) is 13.0. The monoisotopic (exact) mass is 253 g/mol. The van der Waals surface area contributed by atoms with E-state index >= 15 is 0 Å². The van der Waals surface area contributed by atoms with Gasteiger partial charge < -0.3 is 20.2 Å². The first-order valence-electron chi connectivity index (χ1n) is 6.24. The number of ether oxygens (including phenoxy) is 2. The largest absolute Gasteiger partial charge is 0.487 e. The minimum Gasteiger partial charge on any atom is -0.487 e. The van der Waals surface area contributed by atoms with Crippen LogP contribution < -0.4 is 20.8 Å². The molecular formula is C12H19N3O3. The molecule has 0 aliphatic heterocycles. The third-order valence-electron chi connectivity index (χ3n) is 3.39. The normalized spacial score (nSPS) is 23.7. The van der Waals surface area contributed by atoms with E-state index in [1.807, 2.05) is 0 Å². The van der Waals surface area contributed by atoms with E-state index in [0.29, 0.717) is 12.5 Å². The molecule has 1 aliphatic rings. The number of hydrogen-bond acceptors (Lipinski definition) is 5. The number of aromatic nitrogens is 2. The summed E-state index contributed by atoms with van der Waals surface area (Å²) < 4.78 is 10.8. The lowest BCUT2D eigenvalue weighted by atomic mass is 9.86. The molecule has 3 N–H and O–H groups in total. The van der Waals surface area contributed by atoms with Gasteiger partial charge in [-0.2, -0.15) is 0 Å². The molecule has 1 aromatic rings. The number of nitrogens with two attached hydrogens (primary N) is 1. The Bertz CT molecular complexity index is 446. The Balaban J connectivity index is 2.17. The van der Waals surface area contributed by atoms with E-state index < -0.39 is 0 Å². The Morgan fingerprint density at radius 1 is 1.50 bits per heavy atom. The van der Waals surface area contributed by atoms with Crippen LogP contribution in [0.15, 0.2) is 11.1 Å². The van der Waals surface area contributed by atoms with Gasteiger partial charge in [0, 0.05) is 5.92 Å². The van der Waals surface area contributed by atoms with Crippen molar-refractivity contribution in [2.75, 3.05) is 13.7 Å². The van der Waals surface area contributed by atoms with Gasteiger partial charge in [0.15, 0.2) is 0 Å². The summed E-state index contributed by atoms with van der Waals surface area (Å²) in [5, 5.41) is 0. The van der Waals surface area contributed by atoms with E-state index in [0.717, 1.165) is 19.3 Å². The molecule has 0 aromatic carbocycles. The Labute approximate surface area is 106 Å². The third-order valence-corrected chi connectivity index (χ3v) is 3.39. The molecule has 1 saturated carbocycles. The van der Waals surface area contributed by atoms with Gasteiger partial charge in [0.25, 0.3) is 11.4 Å². The van der Waals surface area contributed by atoms with Crippen molar-refractivity contribution in [3.8, 4) is 11.6 Å². The lowest BCUT2D eigenvalue weighted by Crippen LogP contribution is -2.35. The highest BCUT2D eigenvalue weighted by atomic mass is 16.5. The predicted octanol–water partition coefficient (Wildman–Crippen LogP) is 0.675. The molecule has 0 spiro atoms. The van der Waals surface area contributed by atoms with Gasteiger partial charge in [-0.1, -0.05) is 6.42 Å². The second-order valence-corrected chi connectivity index (χ2v) is 4.51. The molecule has 1 aliphatic carbocycles. The molecule has 2 unspecified atom stereocenters. The van der Waals surface area contributed by atoms with Crippen LogP contribution in [-0.4, -0.2) is 29.7 Å². The van der Waals surface area contributed by atoms with E-state index in [-0.39, 0.29) is 23.3 Å². The minimum absolute atomic E-state index is 0.0203. The molecule has 2 rings (SSSR count). The topological polar surface area (TPSA) is 90.2 Å². The summed E-state index contributed by atoms with van der Waals surface area (Å²) in [7, 11) is 1.43. The Morgan fingerprint density at radius 2 is 2.28 bits per heavy atom. The lowest BCUT2D eigenvalue weighted by molar-refractivity contribution is 0.0883. The second-order valence-electron chi connectivity index (χ2n) is 4.51. The molecule has 0 radical (unpaired) electrons. The van der Waals surface area contributed by atoms with Gasteiger partial charge in [0.2, 0.25) is 5.75 Å². The number of methoxy groups -OCH3 is 1. The van der Waals surface area contributed by atoms with E-state index in [1.165, 1.54) is 19.9 Å². The highest BCUT2D eigenvalue weighted by Crippen LogP contribution is 2.29. The molecule has 6 heteroatoms. The fourth-order valence-electron chi connectivity index (χ4n) is 2.38. The van der Waals surface area contributed by atoms with E-state index in [2.05, 4.69) is 9.97 Å². The number of H-pyrrole nitrogens is 1. The predicted molar refractivity (Wildman–Crippen MR) is 66.8 cm³/mol. The van der Waals surface area contributed by atoms with Crippen LogP contribution in [0, 0.1) is 5.92 Å². The molecule has 18 heavy (non-hydrogen) atoms. The van der Waals surface area contributed by atoms with Crippen LogP contribution in [0.2, 0.25) is 0 Å². The van der Waals surface area contributed by atoms with E-state index in [1.54, 1.807) is 0 Å². The highest BCUT2D eigenvalue weighted by Gasteiger charge is 2.27. The molecule has 6 nitrogen and oxygen atoms in total. The van der Waals surface area contributed by atoms with Gasteiger partial charge in [-0.25, -0.2) is 4.98 Å². The smallest absolute Gasteiger partial charge is 0.297 e. The van der Waals surface area contributed by atoms with E-state index in [4.69, 9.17) is 15.2 Å². The molecule has 1 aromatic heterocycles. The summed E-state index contributed by atoms with van der Waals surface area (Å²) in [5.41, 5.74) is 5.42. The summed E-state index contributed by atoms with van der Waals surface area (Å²) in [5.74, 6) is 0.704. The molecule has 0 bridgehead atoms. The van der Waals surface area contributed by atoms with Crippen LogP contribution in [0.1, 0.15) is 25.7 Å². The molecule has 0 saturated heterocycles. The van der Waals surface area contributed by atoms with Gasteiger partial charge in [0.05, 0.1) is 13.4 Å². The van der Waals surface area contributed by atoms with Crippen molar-refractivity contribution in [2.24, 2.45) is 11.7 Å². The quantitative estimate of drug-likeness (QED) is 0.823. The minimum atomic E-state index is -0.331. The van der Waals surface area contributed by atoms with Crippen LogP contribution in [0.5, 0.6) is 11.6 Å². The maximum absolute atomic E-state index is 11.5. The van der Waals surface area contributed by atoms with Crippen molar-refractivity contribution < 1.29 is 9.47 Å². The SMILES string of the molecule is COc1c(OC2CCCCC2CN)nc[nH]c1=O. The molecule has 0 amide bonds. The molecule has 1 heterocycles. The van der Waals surface area contributed by atoms with Gasteiger partial charge >= 0.3 is 0 Å². The van der Waals surface area contributed by atoms with Crippen molar-refractivity contribution in [2.45, 2.75) is 31.8 Å². The van der Waals surface area contributed by atoms with Crippen molar-refractivity contribution in [1.29, 1.82) is 0 Å². The maximum Gasteiger partial charge on any atom is 0.297 e. The molecule has 100 valence electrons. The second kappa shape index (κ2) is 5.86. The summed E-state index contributed by atoms with van der Waals surface area (Å²) in [6, 6.07) is 0. The number of nitrogens with one attached hydrogen (secondary N) is 1. The van der Waals surface area contributed by atoms with Crippen LogP contribution >= 0.6 is 0 Å². The first-order valence-corrected chi connectivity index (χ1v) is 6.24. The molecule has 2 atom stereocenters. The molecular weight excluding hydrogens is 234 g/mol. The van der Waals surface area contributed by atoms with Crippen LogP contribution in [0.4, 0.5) is 0 Å².